The third-order valence-electron chi connectivity index (χ3n) is 4.05. The number of nitrogens with zero attached hydrogens (tertiary/aromatic N) is 1. The fraction of sp³-hybridized carbons (Fsp3) is 0.105. The molecule has 0 fully saturated rings. The lowest BCUT2D eigenvalue weighted by Gasteiger charge is -2.03. The van der Waals surface area contributed by atoms with E-state index in [1.54, 1.807) is 6.20 Å². The molecule has 0 amide bonds. The van der Waals surface area contributed by atoms with Gasteiger partial charge in [-0.25, -0.2) is 4.98 Å². The van der Waals surface area contributed by atoms with Gasteiger partial charge in [-0.3, -0.25) is 0 Å². The second-order valence-corrected chi connectivity index (χ2v) is 5.91. The van der Waals surface area contributed by atoms with Crippen LogP contribution < -0.4 is 0 Å². The van der Waals surface area contributed by atoms with Gasteiger partial charge in [0.1, 0.15) is 5.65 Å². The van der Waals surface area contributed by atoms with Gasteiger partial charge < -0.3 is 4.98 Å². The molecule has 2 nitrogen and oxygen atoms in total. The Morgan fingerprint density at radius 3 is 2.59 bits per heavy atom. The van der Waals surface area contributed by atoms with E-state index >= 15 is 0 Å². The average Bonchev–Trinajstić information content (AvgIpc) is 2.93. The van der Waals surface area contributed by atoms with Gasteiger partial charge in [0.25, 0.3) is 0 Å². The van der Waals surface area contributed by atoms with Crippen LogP contribution in [0.1, 0.15) is 11.1 Å². The van der Waals surface area contributed by atoms with Crippen LogP contribution in [-0.4, -0.2) is 9.97 Å². The van der Waals surface area contributed by atoms with Gasteiger partial charge in [-0.15, -0.1) is 0 Å². The Balaban J connectivity index is 1.72. The van der Waals surface area contributed by atoms with E-state index in [0.717, 1.165) is 39.8 Å². The van der Waals surface area contributed by atoms with Crippen molar-refractivity contribution in [1.82, 2.24) is 9.97 Å². The molecule has 1 N–H and O–H groups in total. The Hall–Kier alpha value is -2.32. The summed E-state index contributed by atoms with van der Waals surface area (Å²) in [6.07, 6.45) is 3.79. The summed E-state index contributed by atoms with van der Waals surface area (Å²) in [5.41, 5.74) is 4.61. The fourth-order valence-electron chi connectivity index (χ4n) is 2.91. The molecule has 4 rings (SSSR count). The molecule has 0 aliphatic rings. The molecular weight excluding hydrogens is 292 g/mol. The molecule has 0 radical (unpaired) electrons. The van der Waals surface area contributed by atoms with Gasteiger partial charge in [-0.2, -0.15) is 0 Å². The maximum absolute atomic E-state index is 6.34. The van der Waals surface area contributed by atoms with Crippen LogP contribution in [0.2, 0.25) is 5.02 Å². The molecule has 0 bridgehead atoms. The zero-order valence-corrected chi connectivity index (χ0v) is 12.8. The number of aromatic nitrogens is 2. The first-order chi connectivity index (χ1) is 10.8. The first-order valence-corrected chi connectivity index (χ1v) is 7.78. The highest BCUT2D eigenvalue weighted by molar-refractivity contribution is 6.37. The largest absolute Gasteiger partial charge is 0.339 e. The predicted molar refractivity (Wildman–Crippen MR) is 92.5 cm³/mol. The summed E-state index contributed by atoms with van der Waals surface area (Å²) < 4.78 is 0. The van der Waals surface area contributed by atoms with Gasteiger partial charge >= 0.3 is 0 Å². The second-order valence-electron chi connectivity index (χ2n) is 5.51. The van der Waals surface area contributed by atoms with Crippen molar-refractivity contribution in [2.45, 2.75) is 12.8 Å². The number of aryl methyl sites for hydroxylation is 2. The van der Waals surface area contributed by atoms with E-state index in [1.807, 2.05) is 6.07 Å². The van der Waals surface area contributed by atoms with Gasteiger partial charge in [0.05, 0.1) is 5.02 Å². The average molecular weight is 307 g/mol. The highest BCUT2D eigenvalue weighted by Gasteiger charge is 2.09. The van der Waals surface area contributed by atoms with Crippen molar-refractivity contribution in [2.75, 3.05) is 0 Å². The van der Waals surface area contributed by atoms with Crippen molar-refractivity contribution in [1.29, 1.82) is 0 Å². The number of pyridine rings is 1. The summed E-state index contributed by atoms with van der Waals surface area (Å²) in [5, 5.41) is 2.91. The molecule has 3 heteroatoms. The number of rotatable bonds is 3. The van der Waals surface area contributed by atoms with Gasteiger partial charge in [0, 0.05) is 22.5 Å². The third kappa shape index (κ3) is 2.36. The Labute approximate surface area is 133 Å². The number of nitrogens with one attached hydrogen (secondary N) is 1. The first kappa shape index (κ1) is 13.4. The SMILES string of the molecule is Clc1ccnc2[nH]c3ccc(CCc4ccccc4)cc3c12. The van der Waals surface area contributed by atoms with Crippen molar-refractivity contribution < 1.29 is 0 Å². The summed E-state index contributed by atoms with van der Waals surface area (Å²) in [7, 11) is 0. The maximum atomic E-state index is 6.34. The lowest BCUT2D eigenvalue weighted by atomic mass is 10.0. The number of fused-ring (bicyclic) bond motifs is 3. The third-order valence-corrected chi connectivity index (χ3v) is 4.37. The van der Waals surface area contributed by atoms with Crippen molar-refractivity contribution in [2.24, 2.45) is 0 Å². The fourth-order valence-corrected chi connectivity index (χ4v) is 3.16. The van der Waals surface area contributed by atoms with E-state index in [-0.39, 0.29) is 0 Å². The van der Waals surface area contributed by atoms with Crippen molar-refractivity contribution in [3.63, 3.8) is 0 Å². The number of hydrogen-bond donors (Lipinski definition) is 1. The van der Waals surface area contributed by atoms with Crippen LogP contribution in [-0.2, 0) is 12.8 Å². The van der Waals surface area contributed by atoms with Gasteiger partial charge in [0.15, 0.2) is 0 Å². The smallest absolute Gasteiger partial charge is 0.139 e. The second kappa shape index (κ2) is 5.47. The Kier molecular flexibility index (Phi) is 3.32. The van der Waals surface area contributed by atoms with E-state index in [1.165, 1.54) is 11.1 Å². The van der Waals surface area contributed by atoms with Crippen LogP contribution >= 0.6 is 11.6 Å². The van der Waals surface area contributed by atoms with Crippen molar-refractivity contribution >= 4 is 33.5 Å². The molecule has 2 heterocycles. The van der Waals surface area contributed by atoms with E-state index in [2.05, 4.69) is 58.5 Å². The van der Waals surface area contributed by atoms with Crippen LogP contribution in [0.15, 0.2) is 60.8 Å². The number of benzene rings is 2. The molecule has 2 aromatic heterocycles. The number of H-pyrrole nitrogens is 1. The zero-order valence-electron chi connectivity index (χ0n) is 12.0. The molecule has 4 aromatic rings. The highest BCUT2D eigenvalue weighted by atomic mass is 35.5. The minimum absolute atomic E-state index is 0.747. The molecule has 0 saturated heterocycles. The monoisotopic (exact) mass is 306 g/mol. The molecule has 108 valence electrons. The summed E-state index contributed by atoms with van der Waals surface area (Å²) in [6.45, 7) is 0. The summed E-state index contributed by atoms with van der Waals surface area (Å²) in [5.74, 6) is 0. The molecule has 0 spiro atoms. The van der Waals surface area contributed by atoms with Crippen molar-refractivity contribution in [3.8, 4) is 0 Å². The molecular formula is C19H15ClN2. The topological polar surface area (TPSA) is 28.7 Å². The number of halogens is 1. The lowest BCUT2D eigenvalue weighted by Crippen LogP contribution is -1.90. The molecule has 0 aliphatic heterocycles. The highest BCUT2D eigenvalue weighted by Crippen LogP contribution is 2.30. The van der Waals surface area contributed by atoms with Crippen LogP contribution in [0.5, 0.6) is 0 Å². The quantitative estimate of drug-likeness (QED) is 0.557. The Morgan fingerprint density at radius 2 is 1.73 bits per heavy atom. The van der Waals surface area contributed by atoms with Crippen LogP contribution in [0, 0.1) is 0 Å². The summed E-state index contributed by atoms with van der Waals surface area (Å²) in [4.78, 5) is 7.69. The summed E-state index contributed by atoms with van der Waals surface area (Å²) >= 11 is 6.34. The van der Waals surface area contributed by atoms with E-state index in [4.69, 9.17) is 11.6 Å². The Morgan fingerprint density at radius 1 is 0.909 bits per heavy atom. The van der Waals surface area contributed by atoms with E-state index < -0.39 is 0 Å². The van der Waals surface area contributed by atoms with E-state index in [0.29, 0.717) is 0 Å². The van der Waals surface area contributed by atoms with E-state index in [9.17, 15) is 0 Å². The predicted octanol–water partition coefficient (Wildman–Crippen LogP) is 5.15. The van der Waals surface area contributed by atoms with Crippen LogP contribution in [0.3, 0.4) is 0 Å². The number of hydrogen-bond acceptors (Lipinski definition) is 1. The Bertz CT molecular complexity index is 942. The zero-order chi connectivity index (χ0) is 14.9. The molecule has 0 atom stereocenters. The van der Waals surface area contributed by atoms with Gasteiger partial charge in [-0.05, 0) is 42.2 Å². The molecule has 0 saturated carbocycles. The maximum Gasteiger partial charge on any atom is 0.139 e. The van der Waals surface area contributed by atoms with Crippen LogP contribution in [0.4, 0.5) is 0 Å². The van der Waals surface area contributed by atoms with Gasteiger partial charge in [-0.1, -0.05) is 48.0 Å². The first-order valence-electron chi connectivity index (χ1n) is 7.40. The van der Waals surface area contributed by atoms with Crippen LogP contribution in [0.25, 0.3) is 21.9 Å². The normalized spacial score (nSPS) is 11.3. The molecule has 2 aromatic carbocycles. The number of aromatic amines is 1. The minimum Gasteiger partial charge on any atom is -0.339 e. The molecule has 0 unspecified atom stereocenters. The van der Waals surface area contributed by atoms with Gasteiger partial charge in [0.2, 0.25) is 0 Å². The van der Waals surface area contributed by atoms with Crippen molar-refractivity contribution in [3.05, 3.63) is 76.9 Å². The minimum atomic E-state index is 0.747. The molecule has 0 aliphatic carbocycles. The standard InChI is InChI=1S/C19H15ClN2/c20-16-10-11-21-19-18(16)15-12-14(8-9-17(15)22-19)7-6-13-4-2-1-3-5-13/h1-5,8-12H,6-7H2,(H,21,22). The molecule has 22 heavy (non-hydrogen) atoms. The lowest BCUT2D eigenvalue weighted by molar-refractivity contribution is 0.962. The summed E-state index contributed by atoms with van der Waals surface area (Å²) in [6, 6.07) is 18.9.